The van der Waals surface area contributed by atoms with Gasteiger partial charge in [0, 0.05) is 30.8 Å². The monoisotopic (exact) mass is 570 g/mol. The molecule has 4 aromatic carbocycles. The van der Waals surface area contributed by atoms with Gasteiger partial charge in [0.2, 0.25) is 0 Å². The summed E-state index contributed by atoms with van der Waals surface area (Å²) < 4.78 is 80.8. The van der Waals surface area contributed by atoms with Gasteiger partial charge in [0.15, 0.2) is 0 Å². The quantitative estimate of drug-likeness (QED) is 0.246. The van der Waals surface area contributed by atoms with E-state index in [-0.39, 0.29) is 38.0 Å². The van der Waals surface area contributed by atoms with Crippen LogP contribution in [0.2, 0.25) is 0 Å². The van der Waals surface area contributed by atoms with Gasteiger partial charge in [-0.25, -0.2) is 0 Å². The lowest BCUT2D eigenvalue weighted by atomic mass is 9.98. The second-order valence-electron chi connectivity index (χ2n) is 9.95. The SMILES string of the molecule is O=C(c1ccc2ccccc2c1)N1CCN(C(=O)c2cc(C(F)(F)F)cc(C(F)(F)F)c2)[C@H](Cc2ccccc2)C1. The molecular weight excluding hydrogens is 546 g/mol. The molecule has 4 nitrogen and oxygen atoms in total. The minimum atomic E-state index is -5.08. The Balaban J connectivity index is 1.46. The van der Waals surface area contributed by atoms with Crippen molar-refractivity contribution < 1.29 is 35.9 Å². The summed E-state index contributed by atoms with van der Waals surface area (Å²) >= 11 is 0. The Labute approximate surface area is 231 Å². The van der Waals surface area contributed by atoms with E-state index in [4.69, 9.17) is 0 Å². The predicted octanol–water partition coefficient (Wildman–Crippen LogP) is 7.09. The van der Waals surface area contributed by atoms with Crippen molar-refractivity contribution in [1.29, 1.82) is 0 Å². The second kappa shape index (κ2) is 10.9. The van der Waals surface area contributed by atoms with Gasteiger partial charge in [0.25, 0.3) is 11.8 Å². The lowest BCUT2D eigenvalue weighted by Crippen LogP contribution is -2.57. The van der Waals surface area contributed by atoms with E-state index in [1.807, 2.05) is 30.3 Å². The summed E-state index contributed by atoms with van der Waals surface area (Å²) in [5, 5.41) is 1.83. The summed E-state index contributed by atoms with van der Waals surface area (Å²) in [6, 6.07) is 22.0. The molecule has 212 valence electrons. The van der Waals surface area contributed by atoms with Crippen LogP contribution in [-0.4, -0.2) is 47.3 Å². The number of alkyl halides is 6. The molecule has 1 atom stereocenters. The molecule has 0 unspecified atom stereocenters. The van der Waals surface area contributed by atoms with Gasteiger partial charge in [-0.3, -0.25) is 9.59 Å². The van der Waals surface area contributed by atoms with Crippen LogP contribution in [0.15, 0.2) is 91.0 Å². The van der Waals surface area contributed by atoms with Crippen molar-refractivity contribution in [3.8, 4) is 0 Å². The normalized spacial score (nSPS) is 16.2. The maximum absolute atomic E-state index is 13.5. The molecule has 1 saturated heterocycles. The highest BCUT2D eigenvalue weighted by atomic mass is 19.4. The summed E-state index contributed by atoms with van der Waals surface area (Å²) in [6.07, 6.45) is -9.91. The molecule has 2 amide bonds. The van der Waals surface area contributed by atoms with E-state index in [9.17, 15) is 35.9 Å². The van der Waals surface area contributed by atoms with Gasteiger partial charge in [-0.1, -0.05) is 60.7 Å². The van der Waals surface area contributed by atoms with Gasteiger partial charge in [0.1, 0.15) is 0 Å². The van der Waals surface area contributed by atoms with Gasteiger partial charge in [-0.15, -0.1) is 0 Å². The van der Waals surface area contributed by atoms with Crippen LogP contribution in [0, 0.1) is 0 Å². The average molecular weight is 571 g/mol. The molecule has 1 aliphatic rings. The largest absolute Gasteiger partial charge is 0.416 e. The topological polar surface area (TPSA) is 40.6 Å². The Bertz CT molecular complexity index is 1550. The maximum Gasteiger partial charge on any atom is 0.416 e. The Morgan fingerprint density at radius 2 is 1.27 bits per heavy atom. The van der Waals surface area contributed by atoms with Gasteiger partial charge < -0.3 is 9.80 Å². The lowest BCUT2D eigenvalue weighted by Gasteiger charge is -2.42. The first-order chi connectivity index (χ1) is 19.4. The molecule has 0 radical (unpaired) electrons. The van der Waals surface area contributed by atoms with E-state index >= 15 is 0 Å². The number of halogens is 6. The van der Waals surface area contributed by atoms with Crippen molar-refractivity contribution in [1.82, 2.24) is 9.80 Å². The first-order valence-corrected chi connectivity index (χ1v) is 12.8. The standard InChI is InChI=1S/C31H24F6N2O2/c32-30(33,34)25-16-24(17-26(18-25)31(35,36)37)29(41)39-13-12-38(19-27(39)14-20-6-2-1-3-7-20)28(40)23-11-10-21-8-4-5-9-22(21)15-23/h1-11,15-18,27H,12-14,19H2/t27-/m1/s1. The van der Waals surface area contributed by atoms with E-state index in [2.05, 4.69) is 0 Å². The summed E-state index contributed by atoms with van der Waals surface area (Å²) in [6.45, 7) is 0.0540. The third-order valence-electron chi connectivity index (χ3n) is 7.18. The highest BCUT2D eigenvalue weighted by Crippen LogP contribution is 2.37. The van der Waals surface area contributed by atoms with Crippen LogP contribution in [0.1, 0.15) is 37.4 Å². The Kier molecular flexibility index (Phi) is 7.50. The Morgan fingerprint density at radius 1 is 0.659 bits per heavy atom. The number of piperazine rings is 1. The number of amides is 2. The molecule has 0 bridgehead atoms. The number of nitrogens with zero attached hydrogens (tertiary/aromatic N) is 2. The van der Waals surface area contributed by atoms with Crippen LogP contribution < -0.4 is 0 Å². The number of carbonyl (C=O) groups is 2. The van der Waals surface area contributed by atoms with Crippen LogP contribution in [-0.2, 0) is 18.8 Å². The van der Waals surface area contributed by atoms with Crippen molar-refractivity contribution in [2.75, 3.05) is 19.6 Å². The van der Waals surface area contributed by atoms with E-state index in [1.54, 1.807) is 47.4 Å². The average Bonchev–Trinajstić information content (AvgIpc) is 2.95. The van der Waals surface area contributed by atoms with E-state index < -0.39 is 41.0 Å². The van der Waals surface area contributed by atoms with Crippen molar-refractivity contribution >= 4 is 22.6 Å². The zero-order valence-corrected chi connectivity index (χ0v) is 21.5. The fourth-order valence-corrected chi connectivity index (χ4v) is 5.12. The van der Waals surface area contributed by atoms with Gasteiger partial charge in [-0.05, 0) is 53.1 Å². The van der Waals surface area contributed by atoms with Gasteiger partial charge in [-0.2, -0.15) is 26.3 Å². The predicted molar refractivity (Wildman–Crippen MR) is 141 cm³/mol. The first-order valence-electron chi connectivity index (χ1n) is 12.8. The number of fused-ring (bicyclic) bond motifs is 1. The minimum Gasteiger partial charge on any atom is -0.335 e. The number of hydrogen-bond acceptors (Lipinski definition) is 2. The van der Waals surface area contributed by atoms with Crippen LogP contribution in [0.25, 0.3) is 10.8 Å². The molecule has 0 N–H and O–H groups in total. The number of carbonyl (C=O) groups excluding carboxylic acids is 2. The molecule has 0 saturated carbocycles. The number of rotatable bonds is 4. The highest BCUT2D eigenvalue weighted by Gasteiger charge is 2.39. The van der Waals surface area contributed by atoms with Crippen LogP contribution in [0.5, 0.6) is 0 Å². The molecule has 1 fully saturated rings. The third kappa shape index (κ3) is 6.21. The fourth-order valence-electron chi connectivity index (χ4n) is 5.12. The molecule has 10 heteroatoms. The molecule has 0 aromatic heterocycles. The van der Waals surface area contributed by atoms with Crippen molar-refractivity contribution in [2.45, 2.75) is 24.8 Å². The Morgan fingerprint density at radius 3 is 1.90 bits per heavy atom. The van der Waals surface area contributed by atoms with Crippen molar-refractivity contribution in [2.24, 2.45) is 0 Å². The fraction of sp³-hybridized carbons (Fsp3) is 0.226. The summed E-state index contributed by atoms with van der Waals surface area (Å²) in [5.74, 6) is -1.24. The van der Waals surface area contributed by atoms with Crippen molar-refractivity contribution in [3.63, 3.8) is 0 Å². The third-order valence-corrected chi connectivity index (χ3v) is 7.18. The molecule has 1 heterocycles. The summed E-state index contributed by atoms with van der Waals surface area (Å²) in [4.78, 5) is 29.8. The van der Waals surface area contributed by atoms with E-state index in [0.717, 1.165) is 16.3 Å². The van der Waals surface area contributed by atoms with Crippen LogP contribution in [0.4, 0.5) is 26.3 Å². The van der Waals surface area contributed by atoms with Gasteiger partial charge in [0.05, 0.1) is 17.2 Å². The number of hydrogen-bond donors (Lipinski definition) is 0. The molecule has 0 spiro atoms. The lowest BCUT2D eigenvalue weighted by molar-refractivity contribution is -0.143. The first kappa shape index (κ1) is 28.2. The van der Waals surface area contributed by atoms with Crippen molar-refractivity contribution in [3.05, 3.63) is 119 Å². The van der Waals surface area contributed by atoms with E-state index in [0.29, 0.717) is 17.7 Å². The molecule has 0 aliphatic carbocycles. The molecule has 5 rings (SSSR count). The zero-order valence-electron chi connectivity index (χ0n) is 21.5. The van der Waals surface area contributed by atoms with Gasteiger partial charge >= 0.3 is 12.4 Å². The van der Waals surface area contributed by atoms with Crippen LogP contribution >= 0.6 is 0 Å². The zero-order chi connectivity index (χ0) is 29.4. The molecule has 4 aromatic rings. The smallest absolute Gasteiger partial charge is 0.335 e. The van der Waals surface area contributed by atoms with Crippen LogP contribution in [0.3, 0.4) is 0 Å². The summed E-state index contributed by atoms with van der Waals surface area (Å²) in [7, 11) is 0. The molecular formula is C31H24F6N2O2. The second-order valence-corrected chi connectivity index (χ2v) is 9.95. The molecule has 1 aliphatic heterocycles. The minimum absolute atomic E-state index is 0.00159. The highest BCUT2D eigenvalue weighted by molar-refractivity contribution is 5.99. The summed E-state index contributed by atoms with van der Waals surface area (Å²) in [5.41, 5.74) is -2.58. The Hall–Kier alpha value is -4.34. The van der Waals surface area contributed by atoms with E-state index in [1.165, 1.54) is 4.90 Å². The molecule has 41 heavy (non-hydrogen) atoms. The maximum atomic E-state index is 13.5. The number of benzene rings is 4.